The lowest BCUT2D eigenvalue weighted by Crippen LogP contribution is -2.35. The van der Waals surface area contributed by atoms with Gasteiger partial charge in [0.2, 0.25) is 0 Å². The molecule has 0 aromatic heterocycles. The molecule has 0 aliphatic heterocycles. The quantitative estimate of drug-likeness (QED) is 0.318. The number of carbonyl (C=O) groups excluding carboxylic acids is 12. The van der Waals surface area contributed by atoms with E-state index in [1.54, 1.807) is 0 Å². The number of hydrogen-bond acceptors (Lipinski definition) is 12. The van der Waals surface area contributed by atoms with Crippen molar-refractivity contribution in [3.8, 4) is 0 Å². The average molecular weight is 745 g/mol. The van der Waals surface area contributed by atoms with Gasteiger partial charge in [-0.1, -0.05) is 0 Å². The van der Waals surface area contributed by atoms with Crippen molar-refractivity contribution in [2.45, 2.75) is 83.1 Å². The fourth-order valence-electron chi connectivity index (χ4n) is 4.14. The van der Waals surface area contributed by atoms with E-state index < -0.39 is 102 Å². The first-order valence-electron chi connectivity index (χ1n) is 16.9. The molecule has 12 heteroatoms. The second-order valence-corrected chi connectivity index (χ2v) is 16.1. The van der Waals surface area contributed by atoms with Crippen LogP contribution in [-0.4, -0.2) is 69.4 Å². The molecule has 1 aliphatic carbocycles. The zero-order valence-corrected chi connectivity index (χ0v) is 32.8. The van der Waals surface area contributed by atoms with Gasteiger partial charge in [-0.25, -0.2) is 0 Å². The largest absolute Gasteiger partial charge is 0.294 e. The van der Waals surface area contributed by atoms with Gasteiger partial charge in [-0.2, -0.15) is 0 Å². The Hall–Kier alpha value is -5.52. The van der Waals surface area contributed by atoms with Gasteiger partial charge in [0.05, 0.1) is 32.5 Å². The van der Waals surface area contributed by atoms with Crippen LogP contribution in [0.2, 0.25) is 0 Å². The Morgan fingerprint density at radius 2 is 0.241 bits per heavy atom. The fourth-order valence-corrected chi connectivity index (χ4v) is 4.14. The molecule has 0 saturated heterocycles. The summed E-state index contributed by atoms with van der Waals surface area (Å²) in [5.74, 6) is -10.2. The van der Waals surface area contributed by atoms with Gasteiger partial charge in [0, 0.05) is 0 Å². The highest BCUT2D eigenvalue weighted by atomic mass is 16.2. The SMILES string of the molecule is CC1(C)C(=O)C=CC(=O)C(C)(C)C(=O)C=CC(=O)C(C)(C)C(=O)C=CC(=O)C(C)(C)C(=O)C=CC(=O)C(C)(C)C(=O)C=CC(=O)C(C)(C)C(=O)C=CC1=O. The lowest BCUT2D eigenvalue weighted by Gasteiger charge is -2.21. The van der Waals surface area contributed by atoms with Crippen molar-refractivity contribution in [3.63, 3.8) is 0 Å². The van der Waals surface area contributed by atoms with Crippen LogP contribution in [0, 0.1) is 32.5 Å². The summed E-state index contributed by atoms with van der Waals surface area (Å²) in [5.41, 5.74) is -10.8. The molecule has 1 rings (SSSR count). The van der Waals surface area contributed by atoms with Gasteiger partial charge in [0.25, 0.3) is 0 Å². The third kappa shape index (κ3) is 10.3. The van der Waals surface area contributed by atoms with E-state index in [1.807, 2.05) is 0 Å². The Kier molecular flexibility index (Phi) is 14.3. The molecule has 0 fully saturated rings. The molecule has 0 heterocycles. The number of ketones is 12. The monoisotopic (exact) mass is 744 g/mol. The van der Waals surface area contributed by atoms with Gasteiger partial charge in [-0.05, 0) is 156 Å². The molecule has 0 saturated carbocycles. The first kappa shape index (κ1) is 46.5. The van der Waals surface area contributed by atoms with Crippen LogP contribution in [0.4, 0.5) is 0 Å². The Labute approximate surface area is 314 Å². The third-order valence-electron chi connectivity index (χ3n) is 9.71. The number of allylic oxidation sites excluding steroid dienone is 12. The molecule has 12 nitrogen and oxygen atoms in total. The number of hydrogen-bond donors (Lipinski definition) is 0. The molecule has 1 aliphatic rings. The fraction of sp³-hybridized carbons (Fsp3) is 0.429. The normalized spacial score (nSPS) is 23.3. The predicted molar refractivity (Wildman–Crippen MR) is 198 cm³/mol. The van der Waals surface area contributed by atoms with Gasteiger partial charge in [0.15, 0.2) is 69.4 Å². The highest BCUT2D eigenvalue weighted by molar-refractivity contribution is 6.24. The van der Waals surface area contributed by atoms with Crippen molar-refractivity contribution in [1.82, 2.24) is 0 Å². The minimum Gasteiger partial charge on any atom is -0.294 e. The second-order valence-electron chi connectivity index (χ2n) is 16.1. The Morgan fingerprint density at radius 1 is 0.185 bits per heavy atom. The van der Waals surface area contributed by atoms with Crippen LogP contribution in [-0.2, 0) is 57.5 Å². The van der Waals surface area contributed by atoms with E-state index in [-0.39, 0.29) is 0 Å². The Bertz CT molecular complexity index is 1430. The van der Waals surface area contributed by atoms with E-state index in [2.05, 4.69) is 0 Å². The van der Waals surface area contributed by atoms with Crippen LogP contribution in [0.25, 0.3) is 0 Å². The van der Waals surface area contributed by atoms with Gasteiger partial charge >= 0.3 is 0 Å². The summed E-state index contributed by atoms with van der Waals surface area (Å²) in [6.07, 6.45) is 9.67. The molecule has 0 aromatic rings. The topological polar surface area (TPSA) is 205 Å². The minimum absolute atomic E-state index is 0.806. The lowest BCUT2D eigenvalue weighted by molar-refractivity contribution is -0.136. The second kappa shape index (κ2) is 16.7. The summed E-state index contributed by atoms with van der Waals surface area (Å²) < 4.78 is 0. The van der Waals surface area contributed by atoms with E-state index in [1.165, 1.54) is 83.1 Å². The maximum absolute atomic E-state index is 13.0. The van der Waals surface area contributed by atoms with Gasteiger partial charge in [-0.15, -0.1) is 0 Å². The van der Waals surface area contributed by atoms with E-state index in [0.717, 1.165) is 72.9 Å². The molecule has 0 bridgehead atoms. The first-order valence-corrected chi connectivity index (χ1v) is 16.9. The van der Waals surface area contributed by atoms with Gasteiger partial charge < -0.3 is 0 Å². The van der Waals surface area contributed by atoms with Crippen molar-refractivity contribution in [1.29, 1.82) is 0 Å². The zero-order chi connectivity index (χ0) is 42.4. The van der Waals surface area contributed by atoms with Crippen molar-refractivity contribution in [2.24, 2.45) is 32.5 Å². The van der Waals surface area contributed by atoms with Crippen molar-refractivity contribution >= 4 is 69.4 Å². The predicted octanol–water partition coefficient (Wildman–Crippen LogP) is 4.32. The molecule has 288 valence electrons. The summed E-state index contributed by atoms with van der Waals surface area (Å²) in [5, 5.41) is 0. The molecule has 0 radical (unpaired) electrons. The summed E-state index contributed by atoms with van der Waals surface area (Å²) >= 11 is 0. The molecular formula is C42H48O12. The van der Waals surface area contributed by atoms with Crippen LogP contribution in [0.5, 0.6) is 0 Å². The van der Waals surface area contributed by atoms with Crippen molar-refractivity contribution < 1.29 is 57.5 Å². The standard InChI is InChI=1S/C42H48O12/c1-37(2)25(43)13-15-27(45)38(3,4)29(47)17-19-31(49)40(7,8)33(51)21-23-35(53)42(11,12)36(54)24-22-34(52)41(9,10)32(50)20-18-30(48)39(5,6)28(46)16-14-26(37)44/h13-24H,1-12H3. The summed E-state index contributed by atoms with van der Waals surface area (Å²) in [6.45, 7) is 14.9. The average Bonchev–Trinajstić information content (AvgIpc) is 3.09. The lowest BCUT2D eigenvalue weighted by atomic mass is 9.78. The summed E-state index contributed by atoms with van der Waals surface area (Å²) in [7, 11) is 0. The summed E-state index contributed by atoms with van der Waals surface area (Å²) in [4.78, 5) is 156. The van der Waals surface area contributed by atoms with E-state index in [4.69, 9.17) is 0 Å². The van der Waals surface area contributed by atoms with Crippen LogP contribution >= 0.6 is 0 Å². The minimum atomic E-state index is -1.79. The number of carbonyl (C=O) groups is 12. The molecule has 0 aromatic carbocycles. The molecule has 0 atom stereocenters. The van der Waals surface area contributed by atoms with Crippen LogP contribution in [0.15, 0.2) is 72.9 Å². The van der Waals surface area contributed by atoms with Crippen LogP contribution in [0.3, 0.4) is 0 Å². The number of rotatable bonds is 0. The van der Waals surface area contributed by atoms with E-state index in [9.17, 15) is 57.5 Å². The van der Waals surface area contributed by atoms with Crippen LogP contribution in [0.1, 0.15) is 83.1 Å². The van der Waals surface area contributed by atoms with Crippen LogP contribution < -0.4 is 0 Å². The molecule has 54 heavy (non-hydrogen) atoms. The van der Waals surface area contributed by atoms with Gasteiger partial charge in [0.1, 0.15) is 0 Å². The maximum Gasteiger partial charge on any atom is 0.169 e. The van der Waals surface area contributed by atoms with E-state index in [0.29, 0.717) is 0 Å². The molecular weight excluding hydrogens is 696 g/mol. The van der Waals surface area contributed by atoms with Crippen molar-refractivity contribution in [3.05, 3.63) is 72.9 Å². The third-order valence-corrected chi connectivity index (χ3v) is 9.71. The van der Waals surface area contributed by atoms with Gasteiger partial charge in [-0.3, -0.25) is 57.5 Å². The highest BCUT2D eigenvalue weighted by Gasteiger charge is 2.40. The maximum atomic E-state index is 13.0. The molecule has 0 unspecified atom stereocenters. The zero-order valence-electron chi connectivity index (χ0n) is 32.8. The summed E-state index contributed by atoms with van der Waals surface area (Å²) in [6, 6.07) is 0. The molecule has 0 amide bonds. The van der Waals surface area contributed by atoms with E-state index >= 15 is 0 Å². The first-order chi connectivity index (χ1) is 24.3. The molecule has 0 N–H and O–H groups in total. The van der Waals surface area contributed by atoms with Crippen molar-refractivity contribution in [2.75, 3.05) is 0 Å². The highest BCUT2D eigenvalue weighted by Crippen LogP contribution is 2.27. The Balaban J connectivity index is 3.73. The smallest absolute Gasteiger partial charge is 0.169 e. The Morgan fingerprint density at radius 3 is 0.296 bits per heavy atom. The molecule has 0 spiro atoms.